The van der Waals surface area contributed by atoms with E-state index in [4.69, 9.17) is 18.9 Å². The first-order valence-corrected chi connectivity index (χ1v) is 27.0. The van der Waals surface area contributed by atoms with E-state index in [1.54, 1.807) is 0 Å². The topological polar surface area (TPSA) is 108 Å². The van der Waals surface area contributed by atoms with E-state index < -0.39 is 24.3 Å². The van der Waals surface area contributed by atoms with Crippen molar-refractivity contribution in [1.29, 1.82) is 0 Å². The van der Waals surface area contributed by atoms with Gasteiger partial charge in [-0.15, -0.1) is 0 Å². The van der Waals surface area contributed by atoms with Crippen molar-refractivity contribution in [2.45, 2.75) is 238 Å². The Morgan fingerprint density at radius 1 is 0.470 bits per heavy atom. The van der Waals surface area contributed by atoms with Crippen LogP contribution in [-0.4, -0.2) is 87.4 Å². The summed E-state index contributed by atoms with van der Waals surface area (Å²) in [7, 11) is 5.95. The molecule has 0 bridgehead atoms. The molecular weight excluding hydrogens is 827 g/mol. The van der Waals surface area contributed by atoms with Crippen LogP contribution in [0, 0.1) is 0 Å². The maximum atomic E-state index is 12.8. The number of carbonyl (C=O) groups is 3. The fraction of sp³-hybridized carbons (Fsp3) is 0.772. The number of aliphatic carboxylic acids is 1. The number of carboxylic acid groups (broad SMARTS) is 1. The van der Waals surface area contributed by atoms with Crippen LogP contribution < -0.4 is 0 Å². The summed E-state index contributed by atoms with van der Waals surface area (Å²) in [5.74, 6) is -2.01. The van der Waals surface area contributed by atoms with Gasteiger partial charge in [-0.25, -0.2) is 4.79 Å². The molecule has 0 spiro atoms. The van der Waals surface area contributed by atoms with Gasteiger partial charge < -0.3 is 28.5 Å². The molecule has 0 saturated carbocycles. The van der Waals surface area contributed by atoms with Crippen LogP contribution >= 0.6 is 0 Å². The van der Waals surface area contributed by atoms with Gasteiger partial charge in [0.2, 0.25) is 0 Å². The zero-order valence-electron chi connectivity index (χ0n) is 43.3. The number of ether oxygens (including phenoxy) is 4. The Balaban J connectivity index is 3.92. The molecule has 1 N–H and O–H groups in total. The third-order valence-electron chi connectivity index (χ3n) is 11.5. The highest BCUT2D eigenvalue weighted by Gasteiger charge is 2.25. The molecule has 0 amide bonds. The van der Waals surface area contributed by atoms with E-state index in [9.17, 15) is 19.5 Å². The lowest BCUT2D eigenvalue weighted by atomic mass is 10.0. The summed E-state index contributed by atoms with van der Waals surface area (Å²) in [5.41, 5.74) is 0. The molecule has 0 aromatic carbocycles. The normalized spacial score (nSPS) is 13.3. The third-order valence-corrected chi connectivity index (χ3v) is 11.5. The summed E-state index contributed by atoms with van der Waals surface area (Å²) in [5, 5.41) is 9.62. The van der Waals surface area contributed by atoms with E-state index in [2.05, 4.69) is 74.6 Å². The Labute approximate surface area is 405 Å². The molecule has 0 rings (SSSR count). The SMILES string of the molecule is CC/C=C\C/C=C\C/C=C\C/C=C\C/C=C\CCCCCCCCCCCCCCCCCCCCCC(=O)OC(COC(=O)CCCCCCCC)COC(OCC[N+](C)(C)C)C(=O)O. The van der Waals surface area contributed by atoms with Gasteiger partial charge in [0, 0.05) is 12.8 Å². The molecule has 382 valence electrons. The second-order valence-corrected chi connectivity index (χ2v) is 19.2. The van der Waals surface area contributed by atoms with E-state index >= 15 is 0 Å². The van der Waals surface area contributed by atoms with Gasteiger partial charge in [0.25, 0.3) is 6.29 Å². The quantitative estimate of drug-likeness (QED) is 0.0211. The second-order valence-electron chi connectivity index (χ2n) is 19.2. The molecule has 0 heterocycles. The summed E-state index contributed by atoms with van der Waals surface area (Å²) < 4.78 is 22.7. The predicted octanol–water partition coefficient (Wildman–Crippen LogP) is 15.3. The van der Waals surface area contributed by atoms with E-state index in [-0.39, 0.29) is 32.2 Å². The van der Waals surface area contributed by atoms with Crippen LogP contribution in [0.25, 0.3) is 0 Å². The van der Waals surface area contributed by atoms with Gasteiger partial charge in [-0.1, -0.05) is 216 Å². The van der Waals surface area contributed by atoms with Crippen LogP contribution in [-0.2, 0) is 33.3 Å². The van der Waals surface area contributed by atoms with Crippen LogP contribution in [0.2, 0.25) is 0 Å². The molecular formula is C57H102NO8+. The van der Waals surface area contributed by atoms with Crippen molar-refractivity contribution in [3.8, 4) is 0 Å². The van der Waals surface area contributed by atoms with Crippen LogP contribution in [0.15, 0.2) is 60.8 Å². The van der Waals surface area contributed by atoms with Crippen molar-refractivity contribution in [1.82, 2.24) is 0 Å². The first-order valence-electron chi connectivity index (χ1n) is 27.0. The van der Waals surface area contributed by atoms with E-state index in [1.165, 1.54) is 128 Å². The molecule has 0 saturated heterocycles. The minimum absolute atomic E-state index is 0.180. The summed E-state index contributed by atoms with van der Waals surface area (Å²) in [6.45, 7) is 4.70. The Bertz CT molecular complexity index is 1270. The van der Waals surface area contributed by atoms with Crippen LogP contribution in [0.4, 0.5) is 0 Å². The smallest absolute Gasteiger partial charge is 0.361 e. The van der Waals surface area contributed by atoms with E-state index in [1.807, 2.05) is 21.1 Å². The maximum absolute atomic E-state index is 12.8. The molecule has 9 heteroatoms. The highest BCUT2D eigenvalue weighted by molar-refractivity contribution is 5.71. The largest absolute Gasteiger partial charge is 0.477 e. The number of rotatable bonds is 49. The third kappa shape index (κ3) is 48.9. The lowest BCUT2D eigenvalue weighted by Crippen LogP contribution is -2.40. The molecule has 0 aromatic rings. The molecule has 0 fully saturated rings. The molecule has 9 nitrogen and oxygen atoms in total. The van der Waals surface area contributed by atoms with Crippen molar-refractivity contribution in [2.24, 2.45) is 0 Å². The van der Waals surface area contributed by atoms with Crippen molar-refractivity contribution in [3.05, 3.63) is 60.8 Å². The number of hydrogen-bond acceptors (Lipinski definition) is 7. The molecule has 0 radical (unpaired) electrons. The lowest BCUT2D eigenvalue weighted by molar-refractivity contribution is -0.870. The number of quaternary nitrogens is 1. The Morgan fingerprint density at radius 2 is 0.864 bits per heavy atom. The van der Waals surface area contributed by atoms with Crippen molar-refractivity contribution >= 4 is 17.9 Å². The molecule has 0 aromatic heterocycles. The highest BCUT2D eigenvalue weighted by Crippen LogP contribution is 2.16. The maximum Gasteiger partial charge on any atom is 0.361 e. The number of hydrogen-bond donors (Lipinski definition) is 1. The predicted molar refractivity (Wildman–Crippen MR) is 276 cm³/mol. The van der Waals surface area contributed by atoms with Crippen molar-refractivity contribution in [2.75, 3.05) is 47.5 Å². The minimum Gasteiger partial charge on any atom is -0.477 e. The fourth-order valence-electron chi connectivity index (χ4n) is 7.39. The monoisotopic (exact) mass is 929 g/mol. The van der Waals surface area contributed by atoms with Gasteiger partial charge >= 0.3 is 17.9 Å². The lowest BCUT2D eigenvalue weighted by Gasteiger charge is -2.25. The zero-order chi connectivity index (χ0) is 48.4. The molecule has 0 aliphatic rings. The summed E-state index contributed by atoms with van der Waals surface area (Å²) >= 11 is 0. The number of esters is 2. The highest BCUT2D eigenvalue weighted by atomic mass is 16.7. The number of likely N-dealkylation sites (N-methyl/N-ethyl adjacent to an activating group) is 1. The molecule has 2 atom stereocenters. The van der Waals surface area contributed by atoms with E-state index in [0.717, 1.165) is 70.6 Å². The number of nitrogens with zero attached hydrogens (tertiary/aromatic N) is 1. The molecule has 2 unspecified atom stereocenters. The van der Waals surface area contributed by atoms with Crippen LogP contribution in [0.1, 0.15) is 226 Å². The summed E-state index contributed by atoms with van der Waals surface area (Å²) in [6, 6.07) is 0. The second kappa shape index (κ2) is 48.4. The van der Waals surface area contributed by atoms with Crippen LogP contribution in [0.3, 0.4) is 0 Å². The Hall–Kier alpha value is -3.01. The first-order chi connectivity index (χ1) is 32.1. The number of unbranched alkanes of at least 4 members (excludes halogenated alkanes) is 24. The summed E-state index contributed by atoms with van der Waals surface area (Å²) in [4.78, 5) is 36.9. The van der Waals surface area contributed by atoms with Crippen molar-refractivity contribution < 1.29 is 42.9 Å². The average Bonchev–Trinajstić information content (AvgIpc) is 3.28. The van der Waals surface area contributed by atoms with Gasteiger partial charge in [0.05, 0.1) is 34.4 Å². The van der Waals surface area contributed by atoms with Gasteiger partial charge in [-0.2, -0.15) is 0 Å². The Morgan fingerprint density at radius 3 is 1.29 bits per heavy atom. The van der Waals surface area contributed by atoms with Gasteiger partial charge in [-0.05, 0) is 57.8 Å². The Kier molecular flexibility index (Phi) is 46.2. The molecule has 0 aliphatic carbocycles. The fourth-order valence-corrected chi connectivity index (χ4v) is 7.39. The zero-order valence-corrected chi connectivity index (χ0v) is 43.3. The minimum atomic E-state index is -1.51. The van der Waals surface area contributed by atoms with E-state index in [0.29, 0.717) is 17.4 Å². The first kappa shape index (κ1) is 63.0. The number of allylic oxidation sites excluding steroid dienone is 10. The van der Waals surface area contributed by atoms with Gasteiger partial charge in [-0.3, -0.25) is 9.59 Å². The number of carbonyl (C=O) groups excluding carboxylic acids is 2. The molecule has 0 aliphatic heterocycles. The number of carboxylic acids is 1. The average molecular weight is 929 g/mol. The van der Waals surface area contributed by atoms with Crippen molar-refractivity contribution in [3.63, 3.8) is 0 Å². The standard InChI is InChI=1S/C57H101NO8/c1-6-8-10-12-14-15-16-17-18-19-20-21-22-23-24-25-26-27-28-29-30-31-32-33-34-35-36-37-38-39-40-41-42-44-46-48-55(60)66-53(51-64-54(59)47-45-43-13-11-9-7-2)52-65-57(56(61)62)63-50-49-58(3,4)5/h8,10,14-15,17-18,20-21,23-24,53,57H,6-7,9,11-13,16,19,22,25-52H2,1-5H3/p+1/b10-8-,15-14-,18-17-,21-20-,24-23-. The van der Waals surface area contributed by atoms with Crippen LogP contribution in [0.5, 0.6) is 0 Å². The van der Waals surface area contributed by atoms with Gasteiger partial charge in [0.1, 0.15) is 13.2 Å². The molecule has 66 heavy (non-hydrogen) atoms. The summed E-state index contributed by atoms with van der Waals surface area (Å²) in [6.07, 6.45) is 57.8. The van der Waals surface area contributed by atoms with Gasteiger partial charge in [0.15, 0.2) is 6.10 Å².